The van der Waals surface area contributed by atoms with Gasteiger partial charge >= 0.3 is 11.9 Å². The molecular formula is C18H14ClNO6. The van der Waals surface area contributed by atoms with Gasteiger partial charge in [-0.25, -0.2) is 19.4 Å². The molecule has 0 spiro atoms. The summed E-state index contributed by atoms with van der Waals surface area (Å²) in [7, 11) is 0. The van der Waals surface area contributed by atoms with E-state index in [4.69, 9.17) is 11.8 Å². The standard InChI is InChI=1S/C14H10O4.C4H4ClNO2/c15-13(11-7-3-1-4-8-11)17-18-14(16)12-9-5-2-6-10-12;5-6-3(7)1-2-4(6)8/h1-10H;1-2H2. The van der Waals surface area contributed by atoms with E-state index in [-0.39, 0.29) is 24.7 Å². The lowest BCUT2D eigenvalue weighted by atomic mass is 10.2. The number of carbonyl (C=O) groups is 4. The summed E-state index contributed by atoms with van der Waals surface area (Å²) in [5, 5.41) is 0. The summed E-state index contributed by atoms with van der Waals surface area (Å²) < 4.78 is 0.639. The lowest BCUT2D eigenvalue weighted by Gasteiger charge is -2.02. The van der Waals surface area contributed by atoms with Crippen molar-refractivity contribution < 1.29 is 29.0 Å². The van der Waals surface area contributed by atoms with E-state index in [0.717, 1.165) is 0 Å². The minimum atomic E-state index is -0.708. The molecule has 7 nitrogen and oxygen atoms in total. The lowest BCUT2D eigenvalue weighted by molar-refractivity contribution is -0.187. The SMILES string of the molecule is O=C(OOC(=O)c1ccccc1)c1ccccc1.O=C1CCC(=O)N1Cl. The second kappa shape index (κ2) is 9.33. The predicted octanol–water partition coefficient (Wildman–Crippen LogP) is 2.90. The highest BCUT2D eigenvalue weighted by Crippen LogP contribution is 2.12. The first-order chi connectivity index (χ1) is 12.5. The van der Waals surface area contributed by atoms with Crippen LogP contribution in [-0.4, -0.2) is 28.2 Å². The van der Waals surface area contributed by atoms with Crippen LogP contribution in [0.25, 0.3) is 0 Å². The van der Waals surface area contributed by atoms with Crippen LogP contribution < -0.4 is 0 Å². The fourth-order valence-electron chi connectivity index (χ4n) is 1.87. The highest BCUT2D eigenvalue weighted by molar-refractivity contribution is 6.32. The van der Waals surface area contributed by atoms with Crippen molar-refractivity contribution in [3.63, 3.8) is 0 Å². The average Bonchev–Trinajstić information content (AvgIpc) is 2.98. The molecule has 1 fully saturated rings. The fraction of sp³-hybridized carbons (Fsp3) is 0.111. The van der Waals surface area contributed by atoms with Crippen LogP contribution in [0.2, 0.25) is 0 Å². The molecule has 1 aliphatic rings. The van der Waals surface area contributed by atoms with Crippen LogP contribution in [0.4, 0.5) is 0 Å². The number of imide groups is 1. The molecular weight excluding hydrogens is 362 g/mol. The van der Waals surface area contributed by atoms with E-state index < -0.39 is 11.9 Å². The molecule has 0 atom stereocenters. The van der Waals surface area contributed by atoms with Gasteiger partial charge in [-0.3, -0.25) is 9.59 Å². The molecule has 0 aromatic heterocycles. The maximum Gasteiger partial charge on any atom is 0.386 e. The number of hydrogen-bond acceptors (Lipinski definition) is 6. The predicted molar refractivity (Wildman–Crippen MR) is 90.7 cm³/mol. The molecule has 26 heavy (non-hydrogen) atoms. The van der Waals surface area contributed by atoms with Crippen LogP contribution in [0.5, 0.6) is 0 Å². The third-order valence-corrected chi connectivity index (χ3v) is 3.58. The zero-order valence-electron chi connectivity index (χ0n) is 13.5. The van der Waals surface area contributed by atoms with Crippen molar-refractivity contribution in [2.75, 3.05) is 0 Å². The van der Waals surface area contributed by atoms with E-state index >= 15 is 0 Å². The molecule has 1 saturated heterocycles. The topological polar surface area (TPSA) is 90.0 Å². The van der Waals surface area contributed by atoms with Gasteiger partial charge in [0.1, 0.15) is 0 Å². The van der Waals surface area contributed by atoms with E-state index in [1.54, 1.807) is 60.7 Å². The average molecular weight is 376 g/mol. The summed E-state index contributed by atoms with van der Waals surface area (Å²) in [5.41, 5.74) is 0.636. The van der Waals surface area contributed by atoms with E-state index in [9.17, 15) is 19.2 Å². The van der Waals surface area contributed by atoms with Gasteiger partial charge in [0, 0.05) is 24.6 Å². The molecule has 8 heteroatoms. The van der Waals surface area contributed by atoms with Crippen molar-refractivity contribution in [2.45, 2.75) is 12.8 Å². The van der Waals surface area contributed by atoms with Gasteiger partial charge in [-0.05, 0) is 24.3 Å². The van der Waals surface area contributed by atoms with E-state index in [1.807, 2.05) is 0 Å². The first-order valence-electron chi connectivity index (χ1n) is 7.54. The molecule has 2 aromatic carbocycles. The number of carbonyl (C=O) groups excluding carboxylic acids is 4. The summed E-state index contributed by atoms with van der Waals surface area (Å²) in [5.74, 6) is -2.01. The van der Waals surface area contributed by atoms with Gasteiger partial charge in [0.05, 0.1) is 11.1 Å². The van der Waals surface area contributed by atoms with Crippen LogP contribution in [0.15, 0.2) is 60.7 Å². The Morgan fingerprint density at radius 2 is 1.08 bits per heavy atom. The minimum absolute atomic E-state index is 0.266. The first kappa shape index (κ1) is 19.1. The van der Waals surface area contributed by atoms with Gasteiger partial charge in [-0.2, -0.15) is 4.42 Å². The summed E-state index contributed by atoms with van der Waals surface area (Å²) in [6.45, 7) is 0. The molecule has 134 valence electrons. The summed E-state index contributed by atoms with van der Waals surface area (Å²) in [6.07, 6.45) is 0.532. The third-order valence-electron chi connectivity index (χ3n) is 3.20. The molecule has 2 aromatic rings. The molecule has 0 saturated carbocycles. The Morgan fingerprint density at radius 1 is 0.731 bits per heavy atom. The summed E-state index contributed by atoms with van der Waals surface area (Å²) >= 11 is 5.15. The van der Waals surface area contributed by atoms with Crippen molar-refractivity contribution in [1.29, 1.82) is 0 Å². The second-order valence-corrected chi connectivity index (χ2v) is 5.38. The monoisotopic (exact) mass is 375 g/mol. The number of nitrogens with zero attached hydrogens (tertiary/aromatic N) is 1. The Bertz CT molecular complexity index is 726. The highest BCUT2D eigenvalue weighted by atomic mass is 35.5. The normalized spacial score (nSPS) is 12.9. The highest BCUT2D eigenvalue weighted by Gasteiger charge is 2.26. The molecule has 0 radical (unpaired) electrons. The van der Waals surface area contributed by atoms with Gasteiger partial charge in [0.25, 0.3) is 0 Å². The van der Waals surface area contributed by atoms with Crippen molar-refractivity contribution in [2.24, 2.45) is 0 Å². The summed E-state index contributed by atoms with van der Waals surface area (Å²) in [4.78, 5) is 52.6. The van der Waals surface area contributed by atoms with E-state index in [0.29, 0.717) is 15.5 Å². The molecule has 2 amide bonds. The van der Waals surface area contributed by atoms with E-state index in [1.165, 1.54) is 0 Å². The van der Waals surface area contributed by atoms with Crippen molar-refractivity contribution in [3.8, 4) is 0 Å². The van der Waals surface area contributed by atoms with Gasteiger partial charge < -0.3 is 0 Å². The fourth-order valence-corrected chi connectivity index (χ4v) is 2.04. The van der Waals surface area contributed by atoms with Crippen molar-refractivity contribution >= 4 is 35.5 Å². The van der Waals surface area contributed by atoms with Crippen LogP contribution >= 0.6 is 11.8 Å². The molecule has 3 rings (SSSR count). The maximum absolute atomic E-state index is 11.5. The van der Waals surface area contributed by atoms with Gasteiger partial charge in [-0.1, -0.05) is 36.4 Å². The van der Waals surface area contributed by atoms with E-state index in [2.05, 4.69) is 9.78 Å². The maximum atomic E-state index is 11.5. The van der Waals surface area contributed by atoms with Gasteiger partial charge in [0.15, 0.2) is 0 Å². The summed E-state index contributed by atoms with van der Waals surface area (Å²) in [6, 6.07) is 16.6. The smallest absolute Gasteiger partial charge is 0.273 e. The quantitative estimate of drug-likeness (QED) is 0.347. The van der Waals surface area contributed by atoms with Crippen molar-refractivity contribution in [1.82, 2.24) is 4.42 Å². The molecule has 1 aliphatic heterocycles. The number of benzene rings is 2. The number of amides is 2. The van der Waals surface area contributed by atoms with Crippen molar-refractivity contribution in [3.05, 3.63) is 71.8 Å². The van der Waals surface area contributed by atoms with Crippen LogP contribution in [0.3, 0.4) is 0 Å². The molecule has 1 heterocycles. The Hall–Kier alpha value is -3.19. The Balaban J connectivity index is 0.000000254. The zero-order chi connectivity index (χ0) is 18.9. The van der Waals surface area contributed by atoms with Gasteiger partial charge in [0.2, 0.25) is 11.8 Å². The molecule has 0 bridgehead atoms. The Kier molecular flexibility index (Phi) is 6.87. The minimum Gasteiger partial charge on any atom is -0.273 e. The largest absolute Gasteiger partial charge is 0.386 e. The Labute approximate surface area is 154 Å². The number of hydrogen-bond donors (Lipinski definition) is 0. The number of rotatable bonds is 2. The lowest BCUT2D eigenvalue weighted by Crippen LogP contribution is -2.16. The van der Waals surface area contributed by atoms with Gasteiger partial charge in [-0.15, -0.1) is 0 Å². The molecule has 0 unspecified atom stereocenters. The van der Waals surface area contributed by atoms with Crippen LogP contribution in [0, 0.1) is 0 Å². The molecule has 0 N–H and O–H groups in total. The zero-order valence-corrected chi connectivity index (χ0v) is 14.2. The third kappa shape index (κ3) is 5.42. The number of halogens is 1. The van der Waals surface area contributed by atoms with Crippen LogP contribution in [-0.2, 0) is 19.4 Å². The van der Waals surface area contributed by atoms with Crippen LogP contribution in [0.1, 0.15) is 33.6 Å². The molecule has 0 aliphatic carbocycles. The Morgan fingerprint density at radius 3 is 1.35 bits per heavy atom. The first-order valence-corrected chi connectivity index (χ1v) is 7.87. The second-order valence-electron chi connectivity index (χ2n) is 5.04.